The van der Waals surface area contributed by atoms with Crippen LogP contribution >= 0.6 is 11.8 Å². The van der Waals surface area contributed by atoms with E-state index in [9.17, 15) is 4.79 Å². The summed E-state index contributed by atoms with van der Waals surface area (Å²) in [4.78, 5) is 13.1. The highest BCUT2D eigenvalue weighted by atomic mass is 32.2. The molecule has 0 amide bonds. The molecule has 7 heteroatoms. The topological polar surface area (TPSA) is 71.2 Å². The number of likely N-dealkylation sites (tertiary alicyclic amines) is 1. The highest BCUT2D eigenvalue weighted by Gasteiger charge is 2.21. The Morgan fingerprint density at radius 3 is 2.95 bits per heavy atom. The van der Waals surface area contributed by atoms with Crippen LogP contribution in [-0.4, -0.2) is 56.6 Å². The van der Waals surface area contributed by atoms with Crippen LogP contribution in [0.2, 0.25) is 0 Å². The minimum atomic E-state index is -0.816. The molecule has 118 valence electrons. The van der Waals surface area contributed by atoms with E-state index in [-0.39, 0.29) is 5.75 Å². The third-order valence-corrected chi connectivity index (χ3v) is 4.71. The van der Waals surface area contributed by atoms with E-state index >= 15 is 0 Å². The lowest BCUT2D eigenvalue weighted by Crippen LogP contribution is -2.34. The molecule has 1 aromatic heterocycles. The summed E-state index contributed by atoms with van der Waals surface area (Å²) in [5.74, 6) is 0.802. The molecular formula is C14H24N4O2S. The van der Waals surface area contributed by atoms with Crippen molar-refractivity contribution in [1.82, 2.24) is 19.7 Å². The van der Waals surface area contributed by atoms with Crippen molar-refractivity contribution in [2.24, 2.45) is 5.92 Å². The van der Waals surface area contributed by atoms with Gasteiger partial charge in [-0.1, -0.05) is 18.7 Å². The van der Waals surface area contributed by atoms with Crippen molar-refractivity contribution in [2.75, 3.05) is 25.9 Å². The molecule has 1 N–H and O–H groups in total. The second kappa shape index (κ2) is 7.79. The first-order chi connectivity index (χ1) is 10.1. The summed E-state index contributed by atoms with van der Waals surface area (Å²) in [6.45, 7) is 5.28. The van der Waals surface area contributed by atoms with Gasteiger partial charge in [0.05, 0.1) is 5.75 Å². The highest BCUT2D eigenvalue weighted by molar-refractivity contribution is 7.99. The molecule has 1 aliphatic heterocycles. The van der Waals surface area contributed by atoms with Gasteiger partial charge in [-0.05, 0) is 38.8 Å². The third kappa shape index (κ3) is 4.71. The molecule has 0 bridgehead atoms. The van der Waals surface area contributed by atoms with E-state index in [1.54, 1.807) is 0 Å². The number of nitrogens with zero attached hydrogens (tertiary/aromatic N) is 4. The van der Waals surface area contributed by atoms with Gasteiger partial charge >= 0.3 is 5.97 Å². The Labute approximate surface area is 129 Å². The predicted octanol–water partition coefficient (Wildman–Crippen LogP) is 1.75. The number of aromatic nitrogens is 3. The first-order valence-corrected chi connectivity index (χ1v) is 8.54. The molecule has 1 unspecified atom stereocenters. The van der Waals surface area contributed by atoms with Crippen molar-refractivity contribution in [3.63, 3.8) is 0 Å². The van der Waals surface area contributed by atoms with Crippen molar-refractivity contribution < 1.29 is 9.90 Å². The maximum Gasteiger partial charge on any atom is 0.313 e. The molecule has 1 fully saturated rings. The van der Waals surface area contributed by atoms with Gasteiger partial charge in [0, 0.05) is 19.5 Å². The fraction of sp³-hybridized carbons (Fsp3) is 0.786. The molecule has 21 heavy (non-hydrogen) atoms. The molecule has 0 aromatic carbocycles. The maximum atomic E-state index is 10.8. The van der Waals surface area contributed by atoms with Crippen molar-refractivity contribution in [3.05, 3.63) is 5.82 Å². The minimum Gasteiger partial charge on any atom is -0.481 e. The van der Waals surface area contributed by atoms with Gasteiger partial charge in [0.2, 0.25) is 0 Å². The van der Waals surface area contributed by atoms with Gasteiger partial charge in [-0.2, -0.15) is 0 Å². The Bertz CT molecular complexity index is 478. The van der Waals surface area contributed by atoms with Crippen LogP contribution in [-0.2, 0) is 17.8 Å². The SMILES string of the molecule is CCCc1nnc(SCC(=O)O)n1CC1CCCN(C)C1. The van der Waals surface area contributed by atoms with Gasteiger partial charge in [0.15, 0.2) is 5.16 Å². The van der Waals surface area contributed by atoms with E-state index in [0.29, 0.717) is 5.92 Å². The minimum absolute atomic E-state index is 0.0365. The molecule has 0 radical (unpaired) electrons. The maximum absolute atomic E-state index is 10.8. The highest BCUT2D eigenvalue weighted by Crippen LogP contribution is 2.23. The quantitative estimate of drug-likeness (QED) is 0.773. The normalized spacial score (nSPS) is 19.8. The van der Waals surface area contributed by atoms with Crippen LogP contribution in [0.4, 0.5) is 0 Å². The van der Waals surface area contributed by atoms with Crippen LogP contribution < -0.4 is 0 Å². The number of aliphatic carboxylic acids is 1. The molecule has 1 aliphatic rings. The van der Waals surface area contributed by atoms with E-state index in [4.69, 9.17) is 5.11 Å². The molecule has 0 spiro atoms. The number of thioether (sulfide) groups is 1. The summed E-state index contributed by atoms with van der Waals surface area (Å²) >= 11 is 1.27. The van der Waals surface area contributed by atoms with E-state index in [2.05, 4.69) is 33.6 Å². The van der Waals surface area contributed by atoms with Crippen molar-refractivity contribution in [3.8, 4) is 0 Å². The zero-order valence-corrected chi connectivity index (χ0v) is 13.6. The number of rotatable bonds is 7. The Hall–Kier alpha value is -1.08. The lowest BCUT2D eigenvalue weighted by molar-refractivity contribution is -0.133. The fourth-order valence-corrected chi connectivity index (χ4v) is 3.51. The van der Waals surface area contributed by atoms with E-state index in [1.165, 1.54) is 31.1 Å². The average Bonchev–Trinajstić information content (AvgIpc) is 2.80. The summed E-state index contributed by atoms with van der Waals surface area (Å²) < 4.78 is 2.14. The van der Waals surface area contributed by atoms with Gasteiger partial charge < -0.3 is 14.6 Å². The lowest BCUT2D eigenvalue weighted by atomic mass is 9.98. The van der Waals surface area contributed by atoms with Crippen LogP contribution in [0.25, 0.3) is 0 Å². The average molecular weight is 312 g/mol. The van der Waals surface area contributed by atoms with Crippen molar-refractivity contribution >= 4 is 17.7 Å². The number of carbonyl (C=O) groups is 1. The third-order valence-electron chi connectivity index (χ3n) is 3.75. The largest absolute Gasteiger partial charge is 0.481 e. The summed E-state index contributed by atoms with van der Waals surface area (Å²) in [6.07, 6.45) is 4.36. The number of aryl methyl sites for hydroxylation is 1. The summed E-state index contributed by atoms with van der Waals surface area (Å²) in [6, 6.07) is 0. The number of carboxylic acid groups (broad SMARTS) is 1. The number of hydrogen-bond donors (Lipinski definition) is 1. The molecular weight excluding hydrogens is 288 g/mol. The number of carboxylic acids is 1. The standard InChI is InChI=1S/C14H24N4O2S/c1-3-5-12-15-16-14(21-10-13(19)20)18(12)9-11-6-4-7-17(2)8-11/h11H,3-10H2,1-2H3,(H,19,20). The zero-order valence-electron chi connectivity index (χ0n) is 12.8. The Morgan fingerprint density at radius 2 is 2.29 bits per heavy atom. The van der Waals surface area contributed by atoms with Gasteiger partial charge in [-0.15, -0.1) is 10.2 Å². The number of hydrogen-bond acceptors (Lipinski definition) is 5. The Morgan fingerprint density at radius 1 is 1.48 bits per heavy atom. The summed E-state index contributed by atoms with van der Waals surface area (Å²) in [5.41, 5.74) is 0. The van der Waals surface area contributed by atoms with E-state index in [0.717, 1.165) is 36.9 Å². The van der Waals surface area contributed by atoms with Crippen LogP contribution in [0.15, 0.2) is 5.16 Å². The fourth-order valence-electron chi connectivity index (χ4n) is 2.82. The van der Waals surface area contributed by atoms with Crippen LogP contribution in [0.1, 0.15) is 32.0 Å². The van der Waals surface area contributed by atoms with Crippen molar-refractivity contribution in [1.29, 1.82) is 0 Å². The molecule has 2 rings (SSSR count). The van der Waals surface area contributed by atoms with E-state index < -0.39 is 5.97 Å². The van der Waals surface area contributed by atoms with Gasteiger partial charge in [0.25, 0.3) is 0 Å². The zero-order chi connectivity index (χ0) is 15.2. The molecule has 2 heterocycles. The Kier molecular flexibility index (Phi) is 6.05. The van der Waals surface area contributed by atoms with E-state index in [1.807, 2.05) is 0 Å². The van der Waals surface area contributed by atoms with Crippen molar-refractivity contribution in [2.45, 2.75) is 44.3 Å². The monoisotopic (exact) mass is 312 g/mol. The first kappa shape index (κ1) is 16.3. The second-order valence-corrected chi connectivity index (χ2v) is 6.65. The van der Waals surface area contributed by atoms with Crippen LogP contribution in [0.5, 0.6) is 0 Å². The summed E-state index contributed by atoms with van der Waals surface area (Å²) in [5, 5.41) is 18.0. The molecule has 6 nitrogen and oxygen atoms in total. The van der Waals surface area contributed by atoms with Gasteiger partial charge in [0.1, 0.15) is 5.82 Å². The van der Waals surface area contributed by atoms with Gasteiger partial charge in [-0.3, -0.25) is 4.79 Å². The number of piperidine rings is 1. The second-order valence-electron chi connectivity index (χ2n) is 5.71. The first-order valence-electron chi connectivity index (χ1n) is 7.55. The lowest BCUT2D eigenvalue weighted by Gasteiger charge is -2.30. The molecule has 1 aromatic rings. The predicted molar refractivity (Wildman–Crippen MR) is 82.6 cm³/mol. The molecule has 1 saturated heterocycles. The Balaban J connectivity index is 2.09. The van der Waals surface area contributed by atoms with Crippen LogP contribution in [0.3, 0.4) is 0 Å². The van der Waals surface area contributed by atoms with Gasteiger partial charge in [-0.25, -0.2) is 0 Å². The molecule has 0 saturated carbocycles. The van der Waals surface area contributed by atoms with Crippen LogP contribution in [0, 0.1) is 5.92 Å². The summed E-state index contributed by atoms with van der Waals surface area (Å²) in [7, 11) is 2.16. The molecule has 0 aliphatic carbocycles. The smallest absolute Gasteiger partial charge is 0.313 e. The molecule has 1 atom stereocenters.